The average Bonchev–Trinajstić information content (AvgIpc) is 2.34. The summed E-state index contributed by atoms with van der Waals surface area (Å²) in [6.45, 7) is 2.54. The van der Waals surface area contributed by atoms with Crippen molar-refractivity contribution in [1.82, 2.24) is 4.98 Å². The molecule has 5 heteroatoms. The lowest BCUT2D eigenvalue weighted by Gasteiger charge is -2.09. The van der Waals surface area contributed by atoms with E-state index in [1.54, 1.807) is 12.1 Å². The van der Waals surface area contributed by atoms with Crippen molar-refractivity contribution in [3.8, 4) is 0 Å². The van der Waals surface area contributed by atoms with Crippen LogP contribution in [0.15, 0.2) is 34.8 Å². The van der Waals surface area contributed by atoms with Crippen molar-refractivity contribution in [2.75, 3.05) is 5.32 Å². The SMILES string of the molecule is Cc1nc(NCc2cc(Cl)ccc2Cl)ccc1Br. The first-order chi connectivity index (χ1) is 8.56. The number of rotatable bonds is 3. The van der Waals surface area contributed by atoms with Crippen LogP contribution in [0.5, 0.6) is 0 Å². The second-order valence-electron chi connectivity index (χ2n) is 3.85. The maximum atomic E-state index is 6.09. The Balaban J connectivity index is 2.11. The number of hydrogen-bond donors (Lipinski definition) is 1. The molecule has 1 heterocycles. The molecule has 0 atom stereocenters. The summed E-state index contributed by atoms with van der Waals surface area (Å²) in [5.41, 5.74) is 1.89. The third-order valence-electron chi connectivity index (χ3n) is 2.49. The van der Waals surface area contributed by atoms with Crippen LogP contribution in [0.1, 0.15) is 11.3 Å². The summed E-state index contributed by atoms with van der Waals surface area (Å²) in [5, 5.41) is 4.59. The zero-order valence-electron chi connectivity index (χ0n) is 9.67. The zero-order chi connectivity index (χ0) is 13.1. The number of halogens is 3. The Morgan fingerprint density at radius 1 is 1.22 bits per heavy atom. The van der Waals surface area contributed by atoms with Crippen molar-refractivity contribution >= 4 is 44.9 Å². The van der Waals surface area contributed by atoms with Crippen LogP contribution < -0.4 is 5.32 Å². The van der Waals surface area contributed by atoms with Gasteiger partial charge < -0.3 is 5.32 Å². The standard InChI is InChI=1S/C13H11BrCl2N2/c1-8-11(14)3-5-13(18-8)17-7-9-6-10(15)2-4-12(9)16/h2-6H,7H2,1H3,(H,17,18). The van der Waals surface area contributed by atoms with Gasteiger partial charge in [-0.1, -0.05) is 23.2 Å². The molecule has 94 valence electrons. The molecule has 0 aliphatic heterocycles. The number of aryl methyl sites for hydroxylation is 1. The van der Waals surface area contributed by atoms with Gasteiger partial charge in [0.25, 0.3) is 0 Å². The van der Waals surface area contributed by atoms with Crippen molar-refractivity contribution in [3.05, 3.63) is 56.1 Å². The molecule has 0 amide bonds. The number of nitrogens with zero attached hydrogens (tertiary/aromatic N) is 1. The quantitative estimate of drug-likeness (QED) is 0.839. The van der Waals surface area contributed by atoms with E-state index >= 15 is 0 Å². The first-order valence-corrected chi connectivity index (χ1v) is 6.92. The van der Waals surface area contributed by atoms with E-state index in [0.29, 0.717) is 16.6 Å². The molecular formula is C13H11BrCl2N2. The second-order valence-corrected chi connectivity index (χ2v) is 5.55. The Bertz CT molecular complexity index is 573. The van der Waals surface area contributed by atoms with Gasteiger partial charge in [-0.2, -0.15) is 0 Å². The minimum atomic E-state index is 0.591. The van der Waals surface area contributed by atoms with Gasteiger partial charge in [0.15, 0.2) is 0 Å². The highest BCUT2D eigenvalue weighted by Crippen LogP contribution is 2.22. The first-order valence-electron chi connectivity index (χ1n) is 5.37. The minimum Gasteiger partial charge on any atom is -0.366 e. The van der Waals surface area contributed by atoms with Crippen LogP contribution in [0.25, 0.3) is 0 Å². The molecule has 2 nitrogen and oxygen atoms in total. The summed E-state index contributed by atoms with van der Waals surface area (Å²) in [6, 6.07) is 9.29. The topological polar surface area (TPSA) is 24.9 Å². The molecular weight excluding hydrogens is 335 g/mol. The van der Waals surface area contributed by atoms with E-state index < -0.39 is 0 Å². The van der Waals surface area contributed by atoms with E-state index in [1.165, 1.54) is 0 Å². The monoisotopic (exact) mass is 344 g/mol. The van der Waals surface area contributed by atoms with Gasteiger partial charge in [0.05, 0.1) is 5.69 Å². The van der Waals surface area contributed by atoms with Crippen LogP contribution in [-0.2, 0) is 6.54 Å². The fourth-order valence-electron chi connectivity index (χ4n) is 1.51. The molecule has 1 N–H and O–H groups in total. The van der Waals surface area contributed by atoms with Gasteiger partial charge in [0.1, 0.15) is 5.82 Å². The zero-order valence-corrected chi connectivity index (χ0v) is 12.8. The first kappa shape index (κ1) is 13.7. The lowest BCUT2D eigenvalue weighted by molar-refractivity contribution is 1.08. The molecule has 0 unspecified atom stereocenters. The van der Waals surface area contributed by atoms with Crippen molar-refractivity contribution in [1.29, 1.82) is 0 Å². The molecule has 0 saturated heterocycles. The molecule has 2 aromatic rings. The van der Waals surface area contributed by atoms with Gasteiger partial charge in [0.2, 0.25) is 0 Å². The Morgan fingerprint density at radius 2 is 2.00 bits per heavy atom. The largest absolute Gasteiger partial charge is 0.366 e. The summed E-state index contributed by atoms with van der Waals surface area (Å²) < 4.78 is 0.994. The normalized spacial score (nSPS) is 10.4. The van der Waals surface area contributed by atoms with Crippen LogP contribution in [0.3, 0.4) is 0 Å². The van der Waals surface area contributed by atoms with Crippen LogP contribution in [0.4, 0.5) is 5.82 Å². The average molecular weight is 346 g/mol. The third-order valence-corrected chi connectivity index (χ3v) is 3.93. The van der Waals surface area contributed by atoms with Gasteiger partial charge in [-0.15, -0.1) is 0 Å². The predicted octanol–water partition coefficient (Wildman–Crippen LogP) is 5.07. The minimum absolute atomic E-state index is 0.591. The molecule has 0 fully saturated rings. The van der Waals surface area contributed by atoms with Gasteiger partial charge in [-0.05, 0) is 58.7 Å². The molecule has 18 heavy (non-hydrogen) atoms. The fraction of sp³-hybridized carbons (Fsp3) is 0.154. The molecule has 0 spiro atoms. The van der Waals surface area contributed by atoms with Crippen LogP contribution in [-0.4, -0.2) is 4.98 Å². The number of hydrogen-bond acceptors (Lipinski definition) is 2. The third kappa shape index (κ3) is 3.37. The van der Waals surface area contributed by atoms with E-state index in [0.717, 1.165) is 21.5 Å². The fourth-order valence-corrected chi connectivity index (χ4v) is 2.11. The summed E-state index contributed by atoms with van der Waals surface area (Å²) >= 11 is 15.4. The van der Waals surface area contributed by atoms with E-state index in [2.05, 4.69) is 26.2 Å². The second kappa shape index (κ2) is 5.91. The van der Waals surface area contributed by atoms with Crippen LogP contribution in [0.2, 0.25) is 10.0 Å². The maximum absolute atomic E-state index is 6.09. The number of anilines is 1. The Morgan fingerprint density at radius 3 is 2.72 bits per heavy atom. The highest BCUT2D eigenvalue weighted by molar-refractivity contribution is 9.10. The summed E-state index contributed by atoms with van der Waals surface area (Å²) in [4.78, 5) is 4.41. The number of benzene rings is 1. The molecule has 0 saturated carbocycles. The summed E-state index contributed by atoms with van der Waals surface area (Å²) in [6.07, 6.45) is 0. The maximum Gasteiger partial charge on any atom is 0.126 e. The van der Waals surface area contributed by atoms with Crippen LogP contribution in [0, 0.1) is 6.92 Å². The van der Waals surface area contributed by atoms with Crippen LogP contribution >= 0.6 is 39.1 Å². The lowest BCUT2D eigenvalue weighted by Crippen LogP contribution is -2.02. The van der Waals surface area contributed by atoms with Gasteiger partial charge in [0, 0.05) is 21.1 Å². The molecule has 0 bridgehead atoms. The van der Waals surface area contributed by atoms with Gasteiger partial charge in [-0.3, -0.25) is 0 Å². The Hall–Kier alpha value is -0.770. The van der Waals surface area contributed by atoms with Crippen molar-refractivity contribution in [2.24, 2.45) is 0 Å². The van der Waals surface area contributed by atoms with E-state index in [9.17, 15) is 0 Å². The summed E-state index contributed by atoms with van der Waals surface area (Å²) in [7, 11) is 0. The smallest absolute Gasteiger partial charge is 0.126 e. The molecule has 0 aliphatic carbocycles. The number of nitrogens with one attached hydrogen (secondary N) is 1. The number of pyridine rings is 1. The molecule has 1 aromatic carbocycles. The number of aromatic nitrogens is 1. The predicted molar refractivity (Wildman–Crippen MR) is 80.5 cm³/mol. The van der Waals surface area contributed by atoms with Gasteiger partial charge in [-0.25, -0.2) is 4.98 Å². The van der Waals surface area contributed by atoms with E-state index in [1.807, 2.05) is 25.1 Å². The highest BCUT2D eigenvalue weighted by Gasteiger charge is 2.03. The molecule has 2 rings (SSSR count). The lowest BCUT2D eigenvalue weighted by atomic mass is 10.2. The van der Waals surface area contributed by atoms with Gasteiger partial charge >= 0.3 is 0 Å². The Labute approximate surface area is 124 Å². The van der Waals surface area contributed by atoms with Crippen molar-refractivity contribution in [2.45, 2.75) is 13.5 Å². The molecule has 1 aromatic heterocycles. The molecule has 0 aliphatic rings. The summed E-state index contributed by atoms with van der Waals surface area (Å²) in [5.74, 6) is 0.812. The van der Waals surface area contributed by atoms with Crippen molar-refractivity contribution in [3.63, 3.8) is 0 Å². The Kier molecular flexibility index (Phi) is 4.49. The van der Waals surface area contributed by atoms with Crippen molar-refractivity contribution < 1.29 is 0 Å². The highest BCUT2D eigenvalue weighted by atomic mass is 79.9. The van der Waals surface area contributed by atoms with E-state index in [-0.39, 0.29) is 0 Å². The van der Waals surface area contributed by atoms with E-state index in [4.69, 9.17) is 23.2 Å². The molecule has 0 radical (unpaired) electrons.